The summed E-state index contributed by atoms with van der Waals surface area (Å²) in [5, 5.41) is 3.64. The number of carbonyl (C=O) groups excluding carboxylic acids is 2. The van der Waals surface area contributed by atoms with Gasteiger partial charge in [0, 0.05) is 40.8 Å². The van der Waals surface area contributed by atoms with Crippen LogP contribution in [0.25, 0.3) is 0 Å². The van der Waals surface area contributed by atoms with Crippen LogP contribution in [0, 0.1) is 5.92 Å². The second-order valence-electron chi connectivity index (χ2n) is 9.81. The second-order valence-corrected chi connectivity index (χ2v) is 10.2. The van der Waals surface area contributed by atoms with Gasteiger partial charge in [-0.25, -0.2) is 0 Å². The predicted molar refractivity (Wildman–Crippen MR) is 140 cm³/mol. The van der Waals surface area contributed by atoms with E-state index in [0.29, 0.717) is 28.6 Å². The van der Waals surface area contributed by atoms with E-state index in [1.807, 2.05) is 17.0 Å². The van der Waals surface area contributed by atoms with Gasteiger partial charge < -0.3 is 20.7 Å². The van der Waals surface area contributed by atoms with Crippen molar-refractivity contribution in [3.05, 3.63) is 58.6 Å². The van der Waals surface area contributed by atoms with Gasteiger partial charge >= 0.3 is 0 Å². The van der Waals surface area contributed by atoms with Gasteiger partial charge in [0.2, 0.25) is 5.91 Å². The van der Waals surface area contributed by atoms with Gasteiger partial charge in [-0.1, -0.05) is 43.7 Å². The first-order valence-electron chi connectivity index (χ1n) is 12.8. The summed E-state index contributed by atoms with van der Waals surface area (Å²) < 4.78 is 5.25. The topological polar surface area (TPSA) is 84.7 Å². The molecule has 3 N–H and O–H groups in total. The molecule has 2 atom stereocenters. The summed E-state index contributed by atoms with van der Waals surface area (Å²) in [5.41, 5.74) is 8.60. The van der Waals surface area contributed by atoms with Gasteiger partial charge in [0.1, 0.15) is 5.75 Å². The number of methoxy groups -OCH3 is 1. The van der Waals surface area contributed by atoms with E-state index in [4.69, 9.17) is 22.1 Å². The zero-order chi connectivity index (χ0) is 24.8. The summed E-state index contributed by atoms with van der Waals surface area (Å²) in [7, 11) is 1.60. The molecule has 2 aromatic carbocycles. The standard InChI is InChI=1S/C28H36ClN3O3/c1-35-23-14-11-20(12-15-23)28(34)32(26-10-6-5-9-25(26)30)18-21-17-22(13-16-24(21)29)31-27(33)19-7-3-2-4-8-19/h11-17,19,25-26H,2-10,18,30H2,1H3,(H,31,33). The van der Waals surface area contributed by atoms with E-state index < -0.39 is 0 Å². The Morgan fingerprint density at radius 3 is 2.37 bits per heavy atom. The molecule has 0 radical (unpaired) electrons. The zero-order valence-electron chi connectivity index (χ0n) is 20.5. The Labute approximate surface area is 213 Å². The summed E-state index contributed by atoms with van der Waals surface area (Å²) in [6.07, 6.45) is 9.16. The fraction of sp³-hybridized carbons (Fsp3) is 0.500. The lowest BCUT2D eigenvalue weighted by atomic mass is 9.88. The molecule has 2 aliphatic carbocycles. The van der Waals surface area contributed by atoms with Crippen molar-refractivity contribution in [2.75, 3.05) is 12.4 Å². The molecular formula is C28H36ClN3O3. The van der Waals surface area contributed by atoms with Crippen LogP contribution in [-0.2, 0) is 11.3 Å². The van der Waals surface area contributed by atoms with Crippen LogP contribution in [0.5, 0.6) is 5.75 Å². The largest absolute Gasteiger partial charge is 0.497 e. The fourth-order valence-corrected chi connectivity index (χ4v) is 5.51. The van der Waals surface area contributed by atoms with E-state index >= 15 is 0 Å². The van der Waals surface area contributed by atoms with Crippen LogP contribution in [0.15, 0.2) is 42.5 Å². The molecule has 2 amide bonds. The molecular weight excluding hydrogens is 462 g/mol. The number of carbonyl (C=O) groups is 2. The minimum Gasteiger partial charge on any atom is -0.497 e. The Bertz CT molecular complexity index is 1020. The zero-order valence-corrected chi connectivity index (χ0v) is 21.2. The number of hydrogen-bond acceptors (Lipinski definition) is 4. The lowest BCUT2D eigenvalue weighted by Crippen LogP contribution is -2.51. The molecule has 2 aromatic rings. The minimum absolute atomic E-state index is 0.0660. The van der Waals surface area contributed by atoms with E-state index in [2.05, 4.69) is 5.32 Å². The number of nitrogens with one attached hydrogen (secondary N) is 1. The number of benzene rings is 2. The van der Waals surface area contributed by atoms with E-state index in [0.717, 1.165) is 56.9 Å². The third kappa shape index (κ3) is 6.36. The summed E-state index contributed by atoms with van der Waals surface area (Å²) in [5.74, 6) is 0.754. The summed E-state index contributed by atoms with van der Waals surface area (Å²) >= 11 is 6.59. The van der Waals surface area contributed by atoms with Crippen molar-refractivity contribution in [1.82, 2.24) is 4.90 Å². The molecule has 0 bridgehead atoms. The molecule has 4 rings (SSSR count). The van der Waals surface area contributed by atoms with Crippen molar-refractivity contribution >= 4 is 29.1 Å². The highest BCUT2D eigenvalue weighted by atomic mass is 35.5. The maximum Gasteiger partial charge on any atom is 0.254 e. The summed E-state index contributed by atoms with van der Waals surface area (Å²) in [4.78, 5) is 28.3. The van der Waals surface area contributed by atoms with Crippen molar-refractivity contribution in [2.45, 2.75) is 76.4 Å². The number of anilines is 1. The molecule has 2 saturated carbocycles. The van der Waals surface area contributed by atoms with Crippen molar-refractivity contribution in [1.29, 1.82) is 0 Å². The molecule has 0 aliphatic heterocycles. The van der Waals surface area contributed by atoms with E-state index in [1.165, 1.54) is 6.42 Å². The van der Waals surface area contributed by atoms with Gasteiger partial charge in [0.15, 0.2) is 0 Å². The Morgan fingerprint density at radius 2 is 1.69 bits per heavy atom. The molecule has 2 fully saturated rings. The highest BCUT2D eigenvalue weighted by Crippen LogP contribution is 2.30. The van der Waals surface area contributed by atoms with Crippen molar-refractivity contribution < 1.29 is 14.3 Å². The molecule has 7 heteroatoms. The molecule has 0 saturated heterocycles. The van der Waals surface area contributed by atoms with Gasteiger partial charge in [0.05, 0.1) is 7.11 Å². The number of hydrogen-bond donors (Lipinski definition) is 2. The van der Waals surface area contributed by atoms with Crippen LogP contribution in [-0.4, -0.2) is 35.9 Å². The fourth-order valence-electron chi connectivity index (χ4n) is 5.33. The Balaban J connectivity index is 1.57. The van der Waals surface area contributed by atoms with Gasteiger partial charge in [-0.15, -0.1) is 0 Å². The van der Waals surface area contributed by atoms with Gasteiger partial charge in [0.25, 0.3) is 5.91 Å². The van der Waals surface area contributed by atoms with Crippen LogP contribution in [0.4, 0.5) is 5.69 Å². The molecule has 188 valence electrons. The SMILES string of the molecule is COc1ccc(C(=O)N(Cc2cc(NC(=O)C3CCCCC3)ccc2Cl)C2CCCCC2N)cc1. The van der Waals surface area contributed by atoms with Gasteiger partial charge in [-0.2, -0.15) is 0 Å². The quantitative estimate of drug-likeness (QED) is 0.507. The highest BCUT2D eigenvalue weighted by Gasteiger charge is 2.32. The highest BCUT2D eigenvalue weighted by molar-refractivity contribution is 6.31. The number of rotatable bonds is 7. The maximum absolute atomic E-state index is 13.7. The van der Waals surface area contributed by atoms with Gasteiger partial charge in [-0.3, -0.25) is 9.59 Å². The number of halogens is 1. The predicted octanol–water partition coefficient (Wildman–Crippen LogP) is 5.78. The third-order valence-electron chi connectivity index (χ3n) is 7.41. The maximum atomic E-state index is 13.7. The molecule has 35 heavy (non-hydrogen) atoms. The molecule has 2 unspecified atom stereocenters. The molecule has 0 aromatic heterocycles. The smallest absolute Gasteiger partial charge is 0.254 e. The number of ether oxygens (including phenoxy) is 1. The minimum atomic E-state index is -0.0843. The molecule has 0 heterocycles. The van der Waals surface area contributed by atoms with E-state index in [1.54, 1.807) is 37.4 Å². The number of nitrogens with two attached hydrogens (primary N) is 1. The van der Waals surface area contributed by atoms with Crippen molar-refractivity contribution in [3.8, 4) is 5.75 Å². The summed E-state index contributed by atoms with van der Waals surface area (Å²) in [6, 6.07) is 12.5. The monoisotopic (exact) mass is 497 g/mol. The van der Waals surface area contributed by atoms with Crippen LogP contribution < -0.4 is 15.8 Å². The normalized spacial score (nSPS) is 20.8. The molecule has 6 nitrogen and oxygen atoms in total. The second kappa shape index (κ2) is 11.9. The van der Waals surface area contributed by atoms with E-state index in [9.17, 15) is 9.59 Å². The third-order valence-corrected chi connectivity index (χ3v) is 7.78. The van der Waals surface area contributed by atoms with Gasteiger partial charge in [-0.05, 0) is 73.7 Å². The van der Waals surface area contributed by atoms with Crippen LogP contribution >= 0.6 is 11.6 Å². The lowest BCUT2D eigenvalue weighted by Gasteiger charge is -2.38. The Morgan fingerprint density at radius 1 is 1.00 bits per heavy atom. The van der Waals surface area contributed by atoms with Crippen LogP contribution in [0.1, 0.15) is 73.7 Å². The average Bonchev–Trinajstić information content (AvgIpc) is 2.89. The average molecular weight is 498 g/mol. The van der Waals surface area contributed by atoms with Crippen LogP contribution in [0.3, 0.4) is 0 Å². The lowest BCUT2D eigenvalue weighted by molar-refractivity contribution is -0.120. The first-order chi connectivity index (χ1) is 17.0. The Hall–Kier alpha value is -2.57. The Kier molecular flexibility index (Phi) is 8.69. The number of nitrogens with zero attached hydrogens (tertiary/aromatic N) is 1. The van der Waals surface area contributed by atoms with Crippen LogP contribution in [0.2, 0.25) is 5.02 Å². The first-order valence-corrected chi connectivity index (χ1v) is 13.1. The summed E-state index contributed by atoms with van der Waals surface area (Å²) in [6.45, 7) is 0.329. The van der Waals surface area contributed by atoms with Crippen molar-refractivity contribution in [2.24, 2.45) is 11.7 Å². The molecule has 0 spiro atoms. The van der Waals surface area contributed by atoms with E-state index in [-0.39, 0.29) is 29.8 Å². The first kappa shape index (κ1) is 25.5. The number of amides is 2. The van der Waals surface area contributed by atoms with Crippen molar-refractivity contribution in [3.63, 3.8) is 0 Å². The molecule has 2 aliphatic rings.